The van der Waals surface area contributed by atoms with Crippen LogP contribution in [0, 0.1) is 10.1 Å². The average Bonchev–Trinajstić information content (AvgIpc) is 3.03. The van der Waals surface area contributed by atoms with Crippen molar-refractivity contribution < 1.29 is 22.9 Å². The number of carbonyl (C=O) groups is 1. The van der Waals surface area contributed by atoms with Crippen molar-refractivity contribution >= 4 is 33.0 Å². The molecule has 0 saturated carbocycles. The molecule has 2 aromatic carbocycles. The quantitative estimate of drug-likeness (QED) is 0.375. The first kappa shape index (κ1) is 22.7. The lowest BCUT2D eigenvalue weighted by molar-refractivity contribution is -0.384. The van der Waals surface area contributed by atoms with Crippen LogP contribution < -0.4 is 15.4 Å². The van der Waals surface area contributed by atoms with Crippen molar-refractivity contribution in [1.29, 1.82) is 0 Å². The summed E-state index contributed by atoms with van der Waals surface area (Å²) >= 11 is 0. The van der Waals surface area contributed by atoms with Crippen molar-refractivity contribution in [2.24, 2.45) is 0 Å². The van der Waals surface area contributed by atoms with E-state index in [0.29, 0.717) is 13.0 Å². The number of para-hydroxylation sites is 1. The summed E-state index contributed by atoms with van der Waals surface area (Å²) in [5.41, 5.74) is 1.48. The summed E-state index contributed by atoms with van der Waals surface area (Å²) in [6, 6.07) is 10.6. The molecule has 3 rings (SSSR count). The first-order valence-electron chi connectivity index (χ1n) is 9.66. The highest BCUT2D eigenvalue weighted by Gasteiger charge is 2.30. The van der Waals surface area contributed by atoms with Crippen LogP contribution in [-0.2, 0) is 19.6 Å². The molecule has 1 aliphatic rings. The average molecular weight is 449 g/mol. The molecule has 2 atom stereocenters. The summed E-state index contributed by atoms with van der Waals surface area (Å²) in [5, 5.41) is 17.3. The fraction of sp³-hybridized carbons (Fsp3) is 0.350. The van der Waals surface area contributed by atoms with Crippen LogP contribution in [0.5, 0.6) is 0 Å². The highest BCUT2D eigenvalue weighted by atomic mass is 32.2. The molecule has 0 aromatic heterocycles. The third-order valence-electron chi connectivity index (χ3n) is 4.91. The molecule has 0 aliphatic carbocycles. The monoisotopic (exact) mass is 448 g/mol. The SMILES string of the molecule is COC[C@H](C)NS(=O)(=O)c1ccc(NCC[C@@H]2C(=O)Nc3ccccc32)c([N+](=O)[O-])c1. The summed E-state index contributed by atoms with van der Waals surface area (Å²) in [6.45, 7) is 2.09. The second kappa shape index (κ2) is 9.41. The number of methoxy groups -OCH3 is 1. The first-order chi connectivity index (χ1) is 14.7. The molecule has 0 fully saturated rings. The smallest absolute Gasteiger partial charge is 0.293 e. The van der Waals surface area contributed by atoms with Gasteiger partial charge in [0.15, 0.2) is 0 Å². The Labute approximate surface area is 180 Å². The molecule has 0 radical (unpaired) electrons. The van der Waals surface area contributed by atoms with Gasteiger partial charge in [0.1, 0.15) is 5.69 Å². The Hall–Kier alpha value is -3.02. The number of nitro groups is 1. The molecule has 11 heteroatoms. The van der Waals surface area contributed by atoms with Gasteiger partial charge in [-0.15, -0.1) is 0 Å². The normalized spacial score (nSPS) is 16.5. The van der Waals surface area contributed by atoms with E-state index in [0.717, 1.165) is 17.3 Å². The van der Waals surface area contributed by atoms with Gasteiger partial charge in [0.05, 0.1) is 22.3 Å². The number of nitrogens with zero attached hydrogens (tertiary/aromatic N) is 1. The van der Waals surface area contributed by atoms with Gasteiger partial charge in [-0.1, -0.05) is 18.2 Å². The molecule has 166 valence electrons. The van der Waals surface area contributed by atoms with E-state index in [2.05, 4.69) is 15.4 Å². The van der Waals surface area contributed by atoms with Gasteiger partial charge >= 0.3 is 0 Å². The van der Waals surface area contributed by atoms with Crippen molar-refractivity contribution in [3.05, 3.63) is 58.1 Å². The summed E-state index contributed by atoms with van der Waals surface area (Å²) in [6.07, 6.45) is 0.427. The molecule has 2 aromatic rings. The van der Waals surface area contributed by atoms with Crippen molar-refractivity contribution in [3.63, 3.8) is 0 Å². The number of nitrogens with one attached hydrogen (secondary N) is 3. The number of sulfonamides is 1. The molecule has 0 saturated heterocycles. The molecule has 0 unspecified atom stereocenters. The van der Waals surface area contributed by atoms with Crippen LogP contribution in [0.2, 0.25) is 0 Å². The number of ether oxygens (including phenoxy) is 1. The third kappa shape index (κ3) is 5.19. The number of rotatable bonds is 10. The highest BCUT2D eigenvalue weighted by molar-refractivity contribution is 7.89. The lowest BCUT2D eigenvalue weighted by Gasteiger charge is -2.14. The van der Waals surface area contributed by atoms with Crippen LogP contribution in [0.4, 0.5) is 17.1 Å². The van der Waals surface area contributed by atoms with Gasteiger partial charge in [-0.3, -0.25) is 14.9 Å². The molecule has 0 spiro atoms. The van der Waals surface area contributed by atoms with E-state index in [1.165, 1.54) is 19.2 Å². The van der Waals surface area contributed by atoms with Gasteiger partial charge in [-0.2, -0.15) is 0 Å². The van der Waals surface area contributed by atoms with E-state index in [9.17, 15) is 23.3 Å². The van der Waals surface area contributed by atoms with Gasteiger partial charge in [-0.25, -0.2) is 13.1 Å². The molecule has 1 amide bonds. The van der Waals surface area contributed by atoms with E-state index < -0.39 is 21.0 Å². The molecule has 1 aliphatic heterocycles. The maximum absolute atomic E-state index is 12.5. The first-order valence-corrected chi connectivity index (χ1v) is 11.1. The van der Waals surface area contributed by atoms with Gasteiger partial charge in [-0.05, 0) is 37.1 Å². The van der Waals surface area contributed by atoms with Crippen molar-refractivity contribution in [2.45, 2.75) is 30.2 Å². The van der Waals surface area contributed by atoms with E-state index in [4.69, 9.17) is 4.74 Å². The van der Waals surface area contributed by atoms with E-state index in [-0.39, 0.29) is 34.7 Å². The predicted molar refractivity (Wildman–Crippen MR) is 116 cm³/mol. The van der Waals surface area contributed by atoms with Crippen molar-refractivity contribution in [1.82, 2.24) is 4.72 Å². The number of benzene rings is 2. The van der Waals surface area contributed by atoms with E-state index in [1.807, 2.05) is 24.3 Å². The fourth-order valence-electron chi connectivity index (χ4n) is 3.51. The molecule has 10 nitrogen and oxygen atoms in total. The molecular formula is C20H24N4O6S. The van der Waals surface area contributed by atoms with Gasteiger partial charge in [0, 0.05) is 31.5 Å². The summed E-state index contributed by atoms with van der Waals surface area (Å²) in [5.74, 6) is -0.468. The molecule has 1 heterocycles. The maximum Gasteiger partial charge on any atom is 0.293 e. The molecule has 3 N–H and O–H groups in total. The minimum atomic E-state index is -3.94. The summed E-state index contributed by atoms with van der Waals surface area (Å²) in [4.78, 5) is 22.9. The zero-order chi connectivity index (χ0) is 22.6. The Morgan fingerprint density at radius 3 is 2.71 bits per heavy atom. The lowest BCUT2D eigenvalue weighted by atomic mass is 9.97. The number of fused-ring (bicyclic) bond motifs is 1. The fourth-order valence-corrected chi connectivity index (χ4v) is 4.76. The number of hydrogen-bond acceptors (Lipinski definition) is 7. The van der Waals surface area contributed by atoms with Crippen LogP contribution in [0.3, 0.4) is 0 Å². The van der Waals surface area contributed by atoms with Crippen LogP contribution >= 0.6 is 0 Å². The minimum Gasteiger partial charge on any atom is -0.383 e. The minimum absolute atomic E-state index is 0.116. The molecule has 0 bridgehead atoms. The Morgan fingerprint density at radius 2 is 2.00 bits per heavy atom. The second-order valence-corrected chi connectivity index (χ2v) is 8.97. The van der Waals surface area contributed by atoms with E-state index in [1.54, 1.807) is 6.92 Å². The Morgan fingerprint density at radius 1 is 1.26 bits per heavy atom. The van der Waals surface area contributed by atoms with Crippen LogP contribution in [-0.4, -0.2) is 45.6 Å². The topological polar surface area (TPSA) is 140 Å². The highest BCUT2D eigenvalue weighted by Crippen LogP contribution is 2.34. The predicted octanol–water partition coefficient (Wildman–Crippen LogP) is 2.45. The number of amides is 1. The number of anilines is 2. The third-order valence-corrected chi connectivity index (χ3v) is 6.50. The maximum atomic E-state index is 12.5. The standard InChI is InChI=1S/C20H24N4O6S/c1-13(12-30-2)23-31(28,29)14-7-8-18(19(11-14)24(26)27)21-10-9-16-15-5-3-4-6-17(15)22-20(16)25/h3-8,11,13,16,21,23H,9-10,12H2,1-2H3,(H,22,25)/t13-,16-/m0/s1. The summed E-state index contributed by atoms with van der Waals surface area (Å²) < 4.78 is 32.3. The number of hydrogen-bond donors (Lipinski definition) is 3. The van der Waals surface area contributed by atoms with Crippen LogP contribution in [0.25, 0.3) is 0 Å². The number of nitro benzene ring substituents is 1. The van der Waals surface area contributed by atoms with Gasteiger partial charge < -0.3 is 15.4 Å². The van der Waals surface area contributed by atoms with Gasteiger partial charge in [0.2, 0.25) is 15.9 Å². The van der Waals surface area contributed by atoms with Crippen molar-refractivity contribution in [3.8, 4) is 0 Å². The molecule has 31 heavy (non-hydrogen) atoms. The van der Waals surface area contributed by atoms with Crippen LogP contribution in [0.15, 0.2) is 47.4 Å². The lowest BCUT2D eigenvalue weighted by Crippen LogP contribution is -2.35. The summed E-state index contributed by atoms with van der Waals surface area (Å²) in [7, 11) is -2.50. The Bertz CT molecular complexity index is 1090. The largest absolute Gasteiger partial charge is 0.383 e. The van der Waals surface area contributed by atoms with Crippen LogP contribution in [0.1, 0.15) is 24.8 Å². The zero-order valence-corrected chi connectivity index (χ0v) is 17.9. The Balaban J connectivity index is 1.72. The van der Waals surface area contributed by atoms with Crippen molar-refractivity contribution in [2.75, 3.05) is 30.9 Å². The Kier molecular flexibility index (Phi) is 6.88. The zero-order valence-electron chi connectivity index (χ0n) is 17.1. The van der Waals surface area contributed by atoms with E-state index >= 15 is 0 Å². The number of carbonyl (C=O) groups excluding carboxylic acids is 1. The molecular weight excluding hydrogens is 424 g/mol. The van der Waals surface area contributed by atoms with Gasteiger partial charge in [0.25, 0.3) is 5.69 Å². The second-order valence-electron chi connectivity index (χ2n) is 7.26.